The third-order valence-electron chi connectivity index (χ3n) is 5.33. The second-order valence-electron chi connectivity index (χ2n) is 7.23. The van der Waals surface area contributed by atoms with Crippen LogP contribution in [0.5, 0.6) is 0 Å². The average molecular weight is 405 g/mol. The van der Waals surface area contributed by atoms with E-state index in [9.17, 15) is 9.18 Å². The fourth-order valence-electron chi connectivity index (χ4n) is 3.93. The average Bonchev–Trinajstić information content (AvgIpc) is 3.16. The molecule has 3 aromatic carbocycles. The lowest BCUT2D eigenvalue weighted by Gasteiger charge is -2.36. The molecule has 1 heterocycles. The van der Waals surface area contributed by atoms with Crippen molar-refractivity contribution < 1.29 is 18.7 Å². The number of nitrogens with zero attached hydrogens (tertiary/aromatic N) is 1. The van der Waals surface area contributed by atoms with E-state index in [1.165, 1.54) is 4.90 Å². The SMILES string of the molecule is O=C1O[C@H](COC(c2ccccc2)(c2ccccc2)c2ccccc2)CN1CCF. The quantitative estimate of drug-likeness (QED) is 0.506. The van der Waals surface area contributed by atoms with Crippen molar-refractivity contribution in [2.75, 3.05) is 26.4 Å². The van der Waals surface area contributed by atoms with Crippen LogP contribution in [0.3, 0.4) is 0 Å². The molecule has 0 aromatic heterocycles. The van der Waals surface area contributed by atoms with Gasteiger partial charge in [0.2, 0.25) is 0 Å². The molecule has 0 aliphatic carbocycles. The van der Waals surface area contributed by atoms with Gasteiger partial charge in [0.15, 0.2) is 0 Å². The van der Waals surface area contributed by atoms with Gasteiger partial charge >= 0.3 is 6.09 Å². The van der Waals surface area contributed by atoms with Crippen LogP contribution >= 0.6 is 0 Å². The molecular formula is C25H24FNO3. The lowest BCUT2D eigenvalue weighted by atomic mass is 9.80. The molecule has 4 rings (SSSR count). The Balaban J connectivity index is 1.73. The molecule has 154 valence electrons. The minimum Gasteiger partial charge on any atom is -0.442 e. The molecule has 1 amide bonds. The van der Waals surface area contributed by atoms with Crippen molar-refractivity contribution >= 4 is 6.09 Å². The van der Waals surface area contributed by atoms with Gasteiger partial charge in [0.05, 0.1) is 19.7 Å². The number of cyclic esters (lactones) is 1. The van der Waals surface area contributed by atoms with E-state index in [1.807, 2.05) is 91.0 Å². The van der Waals surface area contributed by atoms with E-state index in [4.69, 9.17) is 9.47 Å². The molecular weight excluding hydrogens is 381 g/mol. The standard InChI is InChI=1S/C25H24FNO3/c26-16-17-27-18-23(30-24(27)28)19-29-25(20-10-4-1-5-11-20,21-12-6-2-7-13-21)22-14-8-3-9-15-22/h1-15,23H,16-19H2/t23-/m0/s1. The van der Waals surface area contributed by atoms with Gasteiger partial charge in [-0.05, 0) is 16.7 Å². The summed E-state index contributed by atoms with van der Waals surface area (Å²) in [4.78, 5) is 13.4. The summed E-state index contributed by atoms with van der Waals surface area (Å²) in [6.07, 6.45) is -0.953. The first-order valence-corrected chi connectivity index (χ1v) is 10.1. The normalized spacial score (nSPS) is 16.5. The number of halogens is 1. The number of rotatable bonds is 8. The molecule has 0 unspecified atom stereocenters. The molecule has 1 saturated heterocycles. The lowest BCUT2D eigenvalue weighted by Crippen LogP contribution is -2.36. The highest BCUT2D eigenvalue weighted by Crippen LogP contribution is 2.40. The Morgan fingerprint density at radius 3 is 1.77 bits per heavy atom. The monoisotopic (exact) mass is 405 g/mol. The number of carbonyl (C=O) groups excluding carboxylic acids is 1. The van der Waals surface area contributed by atoms with E-state index >= 15 is 0 Å². The zero-order valence-electron chi connectivity index (χ0n) is 16.6. The zero-order chi connectivity index (χ0) is 20.8. The summed E-state index contributed by atoms with van der Waals surface area (Å²) in [5, 5.41) is 0. The Morgan fingerprint density at radius 1 is 0.867 bits per heavy atom. The van der Waals surface area contributed by atoms with Crippen molar-refractivity contribution in [3.05, 3.63) is 108 Å². The van der Waals surface area contributed by atoms with Crippen LogP contribution in [-0.4, -0.2) is 43.5 Å². The Labute approximate surface area is 175 Å². The van der Waals surface area contributed by atoms with E-state index < -0.39 is 24.5 Å². The van der Waals surface area contributed by atoms with Crippen molar-refractivity contribution in [1.29, 1.82) is 0 Å². The maximum atomic E-state index is 12.7. The summed E-state index contributed by atoms with van der Waals surface area (Å²) in [6.45, 7) is -0.0500. The Kier molecular flexibility index (Phi) is 6.10. The zero-order valence-corrected chi connectivity index (χ0v) is 16.6. The fourth-order valence-corrected chi connectivity index (χ4v) is 3.93. The summed E-state index contributed by atoms with van der Waals surface area (Å²) in [5.41, 5.74) is 2.07. The molecule has 0 N–H and O–H groups in total. The van der Waals surface area contributed by atoms with Crippen molar-refractivity contribution in [2.45, 2.75) is 11.7 Å². The molecule has 0 bridgehead atoms. The molecule has 1 atom stereocenters. The van der Waals surface area contributed by atoms with Crippen molar-refractivity contribution in [2.24, 2.45) is 0 Å². The van der Waals surface area contributed by atoms with Gasteiger partial charge in [0.1, 0.15) is 18.4 Å². The highest BCUT2D eigenvalue weighted by molar-refractivity contribution is 5.69. The van der Waals surface area contributed by atoms with Gasteiger partial charge in [-0.25, -0.2) is 9.18 Å². The summed E-state index contributed by atoms with van der Waals surface area (Å²) < 4.78 is 24.8. The number of amides is 1. The number of hydrogen-bond acceptors (Lipinski definition) is 3. The van der Waals surface area contributed by atoms with Crippen LogP contribution in [-0.2, 0) is 15.1 Å². The Morgan fingerprint density at radius 2 is 1.33 bits per heavy atom. The van der Waals surface area contributed by atoms with E-state index in [2.05, 4.69) is 0 Å². The van der Waals surface area contributed by atoms with Crippen LogP contribution in [0.1, 0.15) is 16.7 Å². The lowest BCUT2D eigenvalue weighted by molar-refractivity contribution is -0.0298. The first kappa shape index (κ1) is 20.1. The van der Waals surface area contributed by atoms with Crippen molar-refractivity contribution in [3.63, 3.8) is 0 Å². The van der Waals surface area contributed by atoms with Crippen LogP contribution in [0.15, 0.2) is 91.0 Å². The number of ether oxygens (including phenoxy) is 2. The van der Waals surface area contributed by atoms with Gasteiger partial charge in [-0.15, -0.1) is 0 Å². The van der Waals surface area contributed by atoms with Gasteiger partial charge in [0.25, 0.3) is 0 Å². The second kappa shape index (κ2) is 9.09. The Bertz CT molecular complexity index is 853. The number of hydrogen-bond donors (Lipinski definition) is 0. The van der Waals surface area contributed by atoms with Crippen LogP contribution in [0.25, 0.3) is 0 Å². The molecule has 1 aliphatic rings. The highest BCUT2D eigenvalue weighted by Gasteiger charge is 2.40. The molecule has 30 heavy (non-hydrogen) atoms. The maximum Gasteiger partial charge on any atom is 0.410 e. The third-order valence-corrected chi connectivity index (χ3v) is 5.33. The largest absolute Gasteiger partial charge is 0.442 e. The number of alkyl halides is 1. The maximum absolute atomic E-state index is 12.7. The van der Waals surface area contributed by atoms with Crippen molar-refractivity contribution in [3.8, 4) is 0 Å². The smallest absolute Gasteiger partial charge is 0.410 e. The topological polar surface area (TPSA) is 38.8 Å². The second-order valence-corrected chi connectivity index (χ2v) is 7.23. The van der Waals surface area contributed by atoms with E-state index in [-0.39, 0.29) is 13.2 Å². The number of carbonyl (C=O) groups is 1. The predicted molar refractivity (Wildman–Crippen MR) is 113 cm³/mol. The minimum atomic E-state index is -0.871. The molecule has 1 aliphatic heterocycles. The van der Waals surface area contributed by atoms with Gasteiger partial charge in [0, 0.05) is 0 Å². The molecule has 4 nitrogen and oxygen atoms in total. The molecule has 3 aromatic rings. The minimum absolute atomic E-state index is 0.0382. The number of benzene rings is 3. The molecule has 0 spiro atoms. The summed E-state index contributed by atoms with van der Waals surface area (Å²) in [6, 6.07) is 30.0. The van der Waals surface area contributed by atoms with Crippen LogP contribution in [0.4, 0.5) is 9.18 Å². The van der Waals surface area contributed by atoms with Crippen molar-refractivity contribution in [1.82, 2.24) is 4.90 Å². The molecule has 1 fully saturated rings. The van der Waals surface area contributed by atoms with E-state index in [0.717, 1.165) is 16.7 Å². The van der Waals surface area contributed by atoms with Crippen LogP contribution in [0, 0.1) is 0 Å². The Hall–Kier alpha value is -3.18. The van der Waals surface area contributed by atoms with Gasteiger partial charge in [-0.3, -0.25) is 0 Å². The van der Waals surface area contributed by atoms with Gasteiger partial charge < -0.3 is 14.4 Å². The first-order valence-electron chi connectivity index (χ1n) is 10.1. The third kappa shape index (κ3) is 3.94. The van der Waals surface area contributed by atoms with E-state index in [0.29, 0.717) is 6.54 Å². The predicted octanol–water partition coefficient (Wildman–Crippen LogP) is 4.79. The first-order chi connectivity index (χ1) is 14.7. The molecule has 5 heteroatoms. The highest BCUT2D eigenvalue weighted by atomic mass is 19.1. The molecule has 0 saturated carbocycles. The molecule has 0 radical (unpaired) electrons. The fraction of sp³-hybridized carbons (Fsp3) is 0.240. The summed E-state index contributed by atoms with van der Waals surface area (Å²) in [7, 11) is 0. The van der Waals surface area contributed by atoms with E-state index in [1.54, 1.807) is 0 Å². The van der Waals surface area contributed by atoms with Crippen LogP contribution in [0.2, 0.25) is 0 Å². The summed E-state index contributed by atoms with van der Waals surface area (Å²) in [5.74, 6) is 0. The van der Waals surface area contributed by atoms with Gasteiger partial charge in [-0.1, -0.05) is 91.0 Å². The van der Waals surface area contributed by atoms with Crippen LogP contribution < -0.4 is 0 Å². The van der Waals surface area contributed by atoms with Gasteiger partial charge in [-0.2, -0.15) is 0 Å². The summed E-state index contributed by atoms with van der Waals surface area (Å²) >= 11 is 0.